The predicted molar refractivity (Wildman–Crippen MR) is 66.3 cm³/mol. The molecule has 1 rings (SSSR count). The number of nitrogens with one attached hydrogen (secondary N) is 1. The fourth-order valence-electron chi connectivity index (χ4n) is 2.22. The molecule has 0 aromatic carbocycles. The third kappa shape index (κ3) is 4.62. The van der Waals surface area contributed by atoms with Gasteiger partial charge in [-0.3, -0.25) is 14.5 Å². The van der Waals surface area contributed by atoms with Crippen LogP contribution in [0, 0.1) is 5.92 Å². The van der Waals surface area contributed by atoms with E-state index in [-0.39, 0.29) is 24.3 Å². The van der Waals surface area contributed by atoms with Gasteiger partial charge in [0.15, 0.2) is 0 Å². The van der Waals surface area contributed by atoms with Gasteiger partial charge in [-0.15, -0.1) is 0 Å². The van der Waals surface area contributed by atoms with E-state index in [0.717, 1.165) is 13.0 Å². The maximum Gasteiger partial charge on any atom is 0.303 e. The molecule has 6 nitrogen and oxygen atoms in total. The van der Waals surface area contributed by atoms with Crippen molar-refractivity contribution in [3.63, 3.8) is 0 Å². The van der Waals surface area contributed by atoms with Gasteiger partial charge in [0.1, 0.15) is 0 Å². The highest BCUT2D eigenvalue weighted by Gasteiger charge is 2.30. The van der Waals surface area contributed by atoms with Gasteiger partial charge in [0.2, 0.25) is 5.91 Å². The Labute approximate surface area is 107 Å². The van der Waals surface area contributed by atoms with Crippen LogP contribution in [0.25, 0.3) is 0 Å². The summed E-state index contributed by atoms with van der Waals surface area (Å²) in [6, 6.07) is -0.208. The van der Waals surface area contributed by atoms with Crippen LogP contribution in [0.4, 0.5) is 0 Å². The lowest BCUT2D eigenvalue weighted by Gasteiger charge is -2.23. The summed E-state index contributed by atoms with van der Waals surface area (Å²) < 4.78 is 4.86. The molecule has 0 aromatic heterocycles. The largest absolute Gasteiger partial charge is 0.481 e. The van der Waals surface area contributed by atoms with Crippen LogP contribution in [0.1, 0.15) is 19.8 Å². The zero-order valence-corrected chi connectivity index (χ0v) is 11.0. The highest BCUT2D eigenvalue weighted by atomic mass is 16.5. The number of hydrogen-bond donors (Lipinski definition) is 2. The van der Waals surface area contributed by atoms with Crippen molar-refractivity contribution < 1.29 is 19.4 Å². The molecule has 0 spiro atoms. The lowest BCUT2D eigenvalue weighted by molar-refractivity contribution is -0.138. The van der Waals surface area contributed by atoms with Crippen molar-refractivity contribution in [1.29, 1.82) is 0 Å². The van der Waals surface area contributed by atoms with Gasteiger partial charge >= 0.3 is 5.97 Å². The van der Waals surface area contributed by atoms with E-state index in [2.05, 4.69) is 5.32 Å². The summed E-state index contributed by atoms with van der Waals surface area (Å²) in [6.45, 7) is 4.33. The number of carboxylic acid groups (broad SMARTS) is 1. The van der Waals surface area contributed by atoms with E-state index in [1.54, 1.807) is 7.11 Å². The zero-order valence-electron chi connectivity index (χ0n) is 11.0. The molecular formula is C12H22N2O4. The monoisotopic (exact) mass is 258 g/mol. The first kappa shape index (κ1) is 14.9. The summed E-state index contributed by atoms with van der Waals surface area (Å²) >= 11 is 0. The number of rotatable bonds is 7. The molecular weight excluding hydrogens is 236 g/mol. The number of methoxy groups -OCH3 is 1. The van der Waals surface area contributed by atoms with Crippen LogP contribution >= 0.6 is 0 Å². The van der Waals surface area contributed by atoms with Crippen LogP contribution in [-0.4, -0.2) is 61.3 Å². The van der Waals surface area contributed by atoms with Crippen molar-refractivity contribution in [2.45, 2.75) is 25.8 Å². The number of amides is 1. The maximum atomic E-state index is 11.8. The van der Waals surface area contributed by atoms with Gasteiger partial charge in [0, 0.05) is 26.6 Å². The molecule has 0 saturated carbocycles. The number of aliphatic carboxylic acids is 1. The van der Waals surface area contributed by atoms with E-state index in [9.17, 15) is 9.59 Å². The Morgan fingerprint density at radius 2 is 2.28 bits per heavy atom. The number of carboxylic acids is 1. The lowest BCUT2D eigenvalue weighted by Crippen LogP contribution is -2.45. The van der Waals surface area contributed by atoms with Crippen LogP contribution in [0.2, 0.25) is 0 Å². The second-order valence-corrected chi connectivity index (χ2v) is 4.71. The molecule has 0 aliphatic carbocycles. The Morgan fingerprint density at radius 3 is 2.89 bits per heavy atom. The van der Waals surface area contributed by atoms with Gasteiger partial charge in [0.05, 0.1) is 12.6 Å². The van der Waals surface area contributed by atoms with Crippen molar-refractivity contribution >= 4 is 11.9 Å². The number of nitrogens with zero attached hydrogens (tertiary/aromatic N) is 1. The number of likely N-dealkylation sites (tertiary alicyclic amines) is 1. The molecule has 2 N–H and O–H groups in total. The summed E-state index contributed by atoms with van der Waals surface area (Å²) in [4.78, 5) is 24.5. The number of carbonyl (C=O) groups is 2. The van der Waals surface area contributed by atoms with Crippen molar-refractivity contribution in [3.8, 4) is 0 Å². The molecule has 2 unspecified atom stereocenters. The molecule has 104 valence electrons. The van der Waals surface area contributed by atoms with E-state index >= 15 is 0 Å². The highest BCUT2D eigenvalue weighted by molar-refractivity contribution is 5.81. The first-order chi connectivity index (χ1) is 8.54. The molecule has 1 amide bonds. The molecule has 1 aliphatic heterocycles. The van der Waals surface area contributed by atoms with Crippen LogP contribution in [0.15, 0.2) is 0 Å². The lowest BCUT2D eigenvalue weighted by atomic mass is 10.1. The molecule has 2 atom stereocenters. The Kier molecular flexibility index (Phi) is 6.07. The molecule has 0 aromatic rings. The van der Waals surface area contributed by atoms with Gasteiger partial charge < -0.3 is 15.2 Å². The molecule has 0 bridgehead atoms. The second-order valence-electron chi connectivity index (χ2n) is 4.71. The van der Waals surface area contributed by atoms with Gasteiger partial charge in [-0.05, 0) is 25.8 Å². The normalized spacial score (nSPS) is 21.8. The van der Waals surface area contributed by atoms with E-state index in [1.165, 1.54) is 0 Å². The van der Waals surface area contributed by atoms with Crippen LogP contribution in [0.3, 0.4) is 0 Å². The summed E-state index contributed by atoms with van der Waals surface area (Å²) in [5.74, 6) is -0.626. The minimum atomic E-state index is -0.765. The Bertz CT molecular complexity index is 296. The number of ether oxygens (including phenoxy) is 1. The van der Waals surface area contributed by atoms with Crippen molar-refractivity contribution in [2.75, 3.05) is 33.4 Å². The minimum Gasteiger partial charge on any atom is -0.481 e. The fourth-order valence-corrected chi connectivity index (χ4v) is 2.22. The third-order valence-corrected chi connectivity index (χ3v) is 3.31. The number of hydrogen-bond acceptors (Lipinski definition) is 4. The smallest absolute Gasteiger partial charge is 0.303 e. The van der Waals surface area contributed by atoms with Crippen molar-refractivity contribution in [1.82, 2.24) is 10.2 Å². The molecule has 1 heterocycles. The summed E-state index contributed by atoms with van der Waals surface area (Å²) in [5.41, 5.74) is 0. The van der Waals surface area contributed by atoms with Crippen LogP contribution < -0.4 is 5.32 Å². The van der Waals surface area contributed by atoms with E-state index < -0.39 is 5.97 Å². The summed E-state index contributed by atoms with van der Waals surface area (Å²) in [5, 5.41) is 11.5. The SMILES string of the molecule is COCCNC(=O)C(C)N1CCC(CC(=O)O)C1. The number of carbonyl (C=O) groups excluding carboxylic acids is 1. The molecule has 1 aliphatic rings. The Hall–Kier alpha value is -1.14. The summed E-state index contributed by atoms with van der Waals surface area (Å²) in [7, 11) is 1.59. The van der Waals surface area contributed by atoms with Crippen molar-refractivity contribution in [2.24, 2.45) is 5.92 Å². The van der Waals surface area contributed by atoms with E-state index in [0.29, 0.717) is 19.7 Å². The van der Waals surface area contributed by atoms with Gasteiger partial charge in [-0.2, -0.15) is 0 Å². The van der Waals surface area contributed by atoms with Crippen LogP contribution in [0.5, 0.6) is 0 Å². The summed E-state index contributed by atoms with van der Waals surface area (Å²) in [6.07, 6.45) is 1.04. The van der Waals surface area contributed by atoms with Crippen molar-refractivity contribution in [3.05, 3.63) is 0 Å². The fraction of sp³-hybridized carbons (Fsp3) is 0.833. The average Bonchev–Trinajstić information content (AvgIpc) is 2.75. The highest BCUT2D eigenvalue weighted by Crippen LogP contribution is 2.21. The minimum absolute atomic E-state index is 0.0250. The van der Waals surface area contributed by atoms with Crippen LogP contribution in [-0.2, 0) is 14.3 Å². The van der Waals surface area contributed by atoms with Gasteiger partial charge in [-0.25, -0.2) is 0 Å². The van der Waals surface area contributed by atoms with Gasteiger partial charge in [-0.1, -0.05) is 0 Å². The topological polar surface area (TPSA) is 78.9 Å². The second kappa shape index (κ2) is 7.33. The zero-order chi connectivity index (χ0) is 13.5. The predicted octanol–water partition coefficient (Wildman–Crippen LogP) is -0.0659. The first-order valence-electron chi connectivity index (χ1n) is 6.27. The first-order valence-corrected chi connectivity index (χ1v) is 6.27. The van der Waals surface area contributed by atoms with E-state index in [1.807, 2.05) is 11.8 Å². The standard InChI is InChI=1S/C12H22N2O4/c1-9(12(17)13-4-6-18-2)14-5-3-10(8-14)7-11(15)16/h9-10H,3-8H2,1-2H3,(H,13,17)(H,15,16). The molecule has 1 saturated heterocycles. The molecule has 1 fully saturated rings. The molecule has 18 heavy (non-hydrogen) atoms. The Morgan fingerprint density at radius 1 is 1.56 bits per heavy atom. The Balaban J connectivity index is 2.32. The molecule has 6 heteroatoms. The third-order valence-electron chi connectivity index (χ3n) is 3.31. The molecule has 0 radical (unpaired) electrons. The average molecular weight is 258 g/mol. The maximum absolute atomic E-state index is 11.8. The van der Waals surface area contributed by atoms with E-state index in [4.69, 9.17) is 9.84 Å². The van der Waals surface area contributed by atoms with Gasteiger partial charge in [0.25, 0.3) is 0 Å². The quantitative estimate of drug-likeness (QED) is 0.625.